The molecule has 2 aliphatic rings. The van der Waals surface area contributed by atoms with Crippen molar-refractivity contribution in [1.82, 2.24) is 15.1 Å². The highest BCUT2D eigenvalue weighted by Crippen LogP contribution is 2.25. The van der Waals surface area contributed by atoms with Gasteiger partial charge in [-0.3, -0.25) is 9.59 Å². The van der Waals surface area contributed by atoms with Crippen molar-refractivity contribution in [3.05, 3.63) is 0 Å². The Hall–Kier alpha value is -1.10. The summed E-state index contributed by atoms with van der Waals surface area (Å²) in [5.41, 5.74) is 0. The molecule has 5 nitrogen and oxygen atoms in total. The molecule has 0 saturated carbocycles. The van der Waals surface area contributed by atoms with Crippen LogP contribution in [0.15, 0.2) is 0 Å². The Morgan fingerprint density at radius 3 is 2.56 bits per heavy atom. The fourth-order valence-electron chi connectivity index (χ4n) is 2.99. The van der Waals surface area contributed by atoms with Gasteiger partial charge in [0, 0.05) is 26.7 Å². The lowest BCUT2D eigenvalue weighted by molar-refractivity contribution is -0.144. The van der Waals surface area contributed by atoms with Crippen LogP contribution in [0.25, 0.3) is 0 Å². The second kappa shape index (κ2) is 5.26. The van der Waals surface area contributed by atoms with Gasteiger partial charge >= 0.3 is 0 Å². The monoisotopic (exact) mass is 253 g/mol. The van der Waals surface area contributed by atoms with Crippen molar-refractivity contribution in [1.29, 1.82) is 0 Å². The minimum absolute atomic E-state index is 0.0422. The molecule has 18 heavy (non-hydrogen) atoms. The molecular formula is C13H23N3O2. The van der Waals surface area contributed by atoms with Crippen molar-refractivity contribution in [3.63, 3.8) is 0 Å². The maximum absolute atomic E-state index is 12.5. The molecule has 2 fully saturated rings. The number of likely N-dealkylation sites (N-methyl/N-ethyl adjacent to an activating group) is 1. The van der Waals surface area contributed by atoms with Crippen LogP contribution in [0, 0.1) is 5.92 Å². The number of nitrogens with one attached hydrogen (secondary N) is 1. The first kappa shape index (κ1) is 13.3. The normalized spacial score (nSPS) is 31.7. The fourth-order valence-corrected chi connectivity index (χ4v) is 2.99. The lowest BCUT2D eigenvalue weighted by Gasteiger charge is -2.29. The van der Waals surface area contributed by atoms with E-state index in [1.807, 2.05) is 0 Å². The Balaban J connectivity index is 2.07. The Morgan fingerprint density at radius 2 is 2.00 bits per heavy atom. The number of likely N-dealkylation sites (tertiary alicyclic amines) is 1. The summed E-state index contributed by atoms with van der Waals surface area (Å²) >= 11 is 0. The van der Waals surface area contributed by atoms with Gasteiger partial charge in [0.1, 0.15) is 6.04 Å². The van der Waals surface area contributed by atoms with E-state index in [2.05, 4.69) is 12.2 Å². The predicted octanol–water partition coefficient (Wildman–Crippen LogP) is 0.0636. The number of carbonyl (C=O) groups is 2. The Labute approximate surface area is 108 Å². The summed E-state index contributed by atoms with van der Waals surface area (Å²) in [6.45, 7) is 3.68. The van der Waals surface area contributed by atoms with Crippen molar-refractivity contribution in [2.45, 2.75) is 38.3 Å². The zero-order valence-corrected chi connectivity index (χ0v) is 11.5. The van der Waals surface area contributed by atoms with E-state index in [0.717, 1.165) is 32.4 Å². The number of amides is 2. The van der Waals surface area contributed by atoms with Crippen LogP contribution in [0.5, 0.6) is 0 Å². The summed E-state index contributed by atoms with van der Waals surface area (Å²) in [6.07, 6.45) is 2.63. The van der Waals surface area contributed by atoms with Gasteiger partial charge in [-0.15, -0.1) is 0 Å². The van der Waals surface area contributed by atoms with Crippen molar-refractivity contribution >= 4 is 11.8 Å². The molecular weight excluding hydrogens is 230 g/mol. The quantitative estimate of drug-likeness (QED) is 0.757. The van der Waals surface area contributed by atoms with Crippen LogP contribution in [0.4, 0.5) is 0 Å². The molecule has 0 spiro atoms. The number of nitrogens with zero attached hydrogens (tertiary/aromatic N) is 2. The topological polar surface area (TPSA) is 52.7 Å². The van der Waals surface area contributed by atoms with Gasteiger partial charge in [-0.1, -0.05) is 0 Å². The van der Waals surface area contributed by atoms with Gasteiger partial charge in [-0.05, 0) is 32.7 Å². The predicted molar refractivity (Wildman–Crippen MR) is 69.0 cm³/mol. The molecule has 2 amide bonds. The third-order valence-corrected chi connectivity index (χ3v) is 4.10. The highest BCUT2D eigenvalue weighted by atomic mass is 16.2. The van der Waals surface area contributed by atoms with Crippen LogP contribution >= 0.6 is 0 Å². The second-order valence-electron chi connectivity index (χ2n) is 5.56. The minimum Gasteiger partial charge on any atom is -0.347 e. The van der Waals surface area contributed by atoms with Gasteiger partial charge in [-0.25, -0.2) is 0 Å². The SMILES string of the molecule is CC1NCCC1C(=O)N1CCCC1C(=O)N(C)C. The van der Waals surface area contributed by atoms with E-state index in [9.17, 15) is 9.59 Å². The van der Waals surface area contributed by atoms with Crippen molar-refractivity contribution in [3.8, 4) is 0 Å². The molecule has 0 aromatic heterocycles. The van der Waals surface area contributed by atoms with Gasteiger partial charge in [0.15, 0.2) is 0 Å². The summed E-state index contributed by atoms with van der Waals surface area (Å²) in [7, 11) is 3.51. The molecule has 0 aliphatic carbocycles. The zero-order valence-electron chi connectivity index (χ0n) is 11.5. The van der Waals surface area contributed by atoms with Crippen molar-refractivity contribution < 1.29 is 9.59 Å². The molecule has 3 atom stereocenters. The number of carbonyl (C=O) groups excluding carboxylic acids is 2. The minimum atomic E-state index is -0.236. The highest BCUT2D eigenvalue weighted by Gasteiger charge is 2.40. The first-order chi connectivity index (χ1) is 8.52. The van der Waals surface area contributed by atoms with Crippen molar-refractivity contribution in [2.75, 3.05) is 27.2 Å². The average Bonchev–Trinajstić information content (AvgIpc) is 2.95. The van der Waals surface area contributed by atoms with Gasteiger partial charge in [0.25, 0.3) is 0 Å². The summed E-state index contributed by atoms with van der Waals surface area (Å²) in [4.78, 5) is 28.0. The van der Waals surface area contributed by atoms with Crippen LogP contribution in [-0.4, -0.2) is 60.9 Å². The number of hydrogen-bond donors (Lipinski definition) is 1. The Morgan fingerprint density at radius 1 is 1.28 bits per heavy atom. The largest absolute Gasteiger partial charge is 0.347 e. The first-order valence-corrected chi connectivity index (χ1v) is 6.77. The number of hydrogen-bond acceptors (Lipinski definition) is 3. The molecule has 2 rings (SSSR count). The molecule has 5 heteroatoms. The fraction of sp³-hybridized carbons (Fsp3) is 0.846. The zero-order chi connectivity index (χ0) is 13.3. The molecule has 2 aliphatic heterocycles. The number of rotatable bonds is 2. The summed E-state index contributed by atoms with van der Waals surface area (Å²) in [6, 6.07) is -0.00601. The first-order valence-electron chi connectivity index (χ1n) is 6.77. The van der Waals surface area contributed by atoms with E-state index in [0.29, 0.717) is 0 Å². The van der Waals surface area contributed by atoms with E-state index >= 15 is 0 Å². The molecule has 1 N–H and O–H groups in total. The van der Waals surface area contributed by atoms with E-state index in [1.54, 1.807) is 23.9 Å². The van der Waals surface area contributed by atoms with Gasteiger partial charge < -0.3 is 15.1 Å². The summed E-state index contributed by atoms with van der Waals surface area (Å²) in [5.74, 6) is 0.255. The van der Waals surface area contributed by atoms with Crippen molar-refractivity contribution in [2.24, 2.45) is 5.92 Å². The molecule has 2 heterocycles. The molecule has 0 aromatic rings. The molecule has 0 radical (unpaired) electrons. The van der Waals surface area contributed by atoms with Crippen LogP contribution in [0.1, 0.15) is 26.2 Å². The lowest BCUT2D eigenvalue weighted by atomic mass is 10.00. The highest BCUT2D eigenvalue weighted by molar-refractivity contribution is 5.89. The molecule has 0 aromatic carbocycles. The molecule has 0 bridgehead atoms. The summed E-state index contributed by atoms with van der Waals surface area (Å²) in [5, 5.41) is 3.30. The van der Waals surface area contributed by atoms with Crippen LogP contribution < -0.4 is 5.32 Å². The standard InChI is InChI=1S/C13H23N3O2/c1-9-10(6-7-14-9)12(17)16-8-4-5-11(16)13(18)15(2)3/h9-11,14H,4-8H2,1-3H3. The van der Waals surface area contributed by atoms with Crippen LogP contribution in [0.3, 0.4) is 0 Å². The maximum atomic E-state index is 12.5. The van der Waals surface area contributed by atoms with E-state index in [1.165, 1.54) is 0 Å². The van der Waals surface area contributed by atoms with Gasteiger partial charge in [0.2, 0.25) is 11.8 Å². The molecule has 3 unspecified atom stereocenters. The second-order valence-corrected chi connectivity index (χ2v) is 5.56. The van der Waals surface area contributed by atoms with Gasteiger partial charge in [0.05, 0.1) is 5.92 Å². The van der Waals surface area contributed by atoms with Crippen LogP contribution in [0.2, 0.25) is 0 Å². The summed E-state index contributed by atoms with van der Waals surface area (Å²) < 4.78 is 0. The molecule has 2 saturated heterocycles. The molecule has 102 valence electrons. The maximum Gasteiger partial charge on any atom is 0.244 e. The third-order valence-electron chi connectivity index (χ3n) is 4.10. The van der Waals surface area contributed by atoms with E-state index in [-0.39, 0.29) is 29.8 Å². The average molecular weight is 253 g/mol. The van der Waals surface area contributed by atoms with Gasteiger partial charge in [-0.2, -0.15) is 0 Å². The van der Waals surface area contributed by atoms with E-state index < -0.39 is 0 Å². The smallest absolute Gasteiger partial charge is 0.244 e. The Kier molecular flexibility index (Phi) is 3.90. The Bertz CT molecular complexity index is 343. The van der Waals surface area contributed by atoms with Crippen LogP contribution in [-0.2, 0) is 9.59 Å². The lowest BCUT2D eigenvalue weighted by Crippen LogP contribution is -2.48. The van der Waals surface area contributed by atoms with E-state index in [4.69, 9.17) is 0 Å². The third kappa shape index (κ3) is 2.36.